The van der Waals surface area contributed by atoms with E-state index in [1.165, 1.54) is 29.4 Å². The van der Waals surface area contributed by atoms with Gasteiger partial charge in [-0.1, -0.05) is 88.9 Å². The second-order valence-corrected chi connectivity index (χ2v) is 42.1. The first kappa shape index (κ1) is 94.8. The number of halogens is 5. The number of amides is 4. The summed E-state index contributed by atoms with van der Waals surface area (Å²) in [6.45, 7) is 1.67. The molecule has 16 aromatic rings. The van der Waals surface area contributed by atoms with Gasteiger partial charge in [0.15, 0.2) is 5.82 Å². The number of nitrogens with zero attached hydrogens (tertiary/aromatic N) is 11. The van der Waals surface area contributed by atoms with Crippen LogP contribution in [0.3, 0.4) is 0 Å². The molecule has 0 atom stereocenters. The molecule has 6 aromatic heterocycles. The van der Waals surface area contributed by atoms with Gasteiger partial charge in [-0.2, -0.15) is 0 Å². The molecule has 10 heterocycles. The van der Waals surface area contributed by atoms with E-state index in [0.29, 0.717) is 180 Å². The summed E-state index contributed by atoms with van der Waals surface area (Å²) in [5.74, 6) is -1.45. The minimum atomic E-state index is -3.48. The third-order valence-electron chi connectivity index (χ3n) is 23.2. The Hall–Kier alpha value is -14.0. The Morgan fingerprint density at radius 2 is 0.723 bits per heavy atom. The number of hydrogen-bond acceptors (Lipinski definition) is 19. The van der Waals surface area contributed by atoms with Crippen molar-refractivity contribution >= 4 is 199 Å². The van der Waals surface area contributed by atoms with Crippen LogP contribution in [0, 0.1) is 5.82 Å². The molecule has 10 aromatic carbocycles. The summed E-state index contributed by atoms with van der Waals surface area (Å²) < 4.78 is 119. The van der Waals surface area contributed by atoms with Gasteiger partial charge in [-0.05, 0) is 275 Å². The zero-order chi connectivity index (χ0) is 95.7. The highest BCUT2D eigenvalue weighted by Crippen LogP contribution is 2.39. The van der Waals surface area contributed by atoms with E-state index in [-0.39, 0.29) is 52.0 Å². The van der Waals surface area contributed by atoms with E-state index in [1.54, 1.807) is 177 Å². The van der Waals surface area contributed by atoms with Crippen LogP contribution in [-0.4, -0.2) is 141 Å². The Bertz CT molecular complexity index is 7320. The highest BCUT2D eigenvalue weighted by Gasteiger charge is 2.32. The van der Waals surface area contributed by atoms with Crippen LogP contribution in [0.5, 0.6) is 0 Å². The van der Waals surface area contributed by atoms with E-state index in [2.05, 4.69) is 56.2 Å². The van der Waals surface area contributed by atoms with Crippen molar-refractivity contribution < 1.29 is 57.2 Å². The van der Waals surface area contributed by atoms with E-state index in [4.69, 9.17) is 46.4 Å². The van der Waals surface area contributed by atoms with Crippen molar-refractivity contribution in [3.63, 3.8) is 0 Å². The van der Waals surface area contributed by atoms with E-state index in [0.717, 1.165) is 68.9 Å². The van der Waals surface area contributed by atoms with Gasteiger partial charge < -0.3 is 21.3 Å². The predicted molar refractivity (Wildman–Crippen MR) is 541 cm³/mol. The molecule has 0 radical (unpaired) electrons. The topological polar surface area (TPSA) is 356 Å². The van der Waals surface area contributed by atoms with Crippen LogP contribution in [0.15, 0.2) is 292 Å². The minimum Gasteiger partial charge on any atom is -0.322 e. The van der Waals surface area contributed by atoms with Crippen LogP contribution in [0.4, 0.5) is 49.9 Å². The van der Waals surface area contributed by atoms with E-state index in [1.807, 2.05) is 97.1 Å². The average Bonchev–Trinajstić information content (AvgIpc) is 0.772. The zero-order valence-electron chi connectivity index (χ0n) is 72.9. The van der Waals surface area contributed by atoms with Gasteiger partial charge in [0.25, 0.3) is 23.6 Å². The number of aromatic nitrogens is 7. The maximum absolute atomic E-state index is 14.9. The van der Waals surface area contributed by atoms with Crippen LogP contribution in [0.1, 0.15) is 92.8 Å². The second-order valence-electron chi connectivity index (χ2n) is 32.4. The van der Waals surface area contributed by atoms with Crippen LogP contribution < -0.4 is 38.5 Å². The summed E-state index contributed by atoms with van der Waals surface area (Å²) in [4.78, 5) is 82.5. The molecule has 4 amide bonds. The molecule has 36 heteroatoms. The second kappa shape index (κ2) is 41.3. The normalized spacial score (nSPS) is 15.2. The first-order valence-electron chi connectivity index (χ1n) is 43.6. The largest absolute Gasteiger partial charge is 0.322 e. The fraction of sp³-hybridized carbons (Fsp3) is 0.158. The number of para-hydroxylation sites is 1. The molecular formula is C101H84Cl4FN15O12S4. The zero-order valence-corrected chi connectivity index (χ0v) is 79.2. The van der Waals surface area contributed by atoms with Crippen molar-refractivity contribution in [1.29, 1.82) is 0 Å². The number of sulfonamides is 4. The van der Waals surface area contributed by atoms with Crippen LogP contribution in [-0.2, 0) is 40.1 Å². The lowest BCUT2D eigenvalue weighted by Crippen LogP contribution is -2.37. The van der Waals surface area contributed by atoms with Crippen molar-refractivity contribution in [2.24, 2.45) is 0 Å². The maximum atomic E-state index is 14.9. The summed E-state index contributed by atoms with van der Waals surface area (Å²) in [7, 11) is -13.4. The average molecular weight is 1990 g/mol. The lowest BCUT2D eigenvalue weighted by molar-refractivity contribution is 0.101. The Labute approximate surface area is 809 Å². The fourth-order valence-corrected chi connectivity index (χ4v) is 23.5. The van der Waals surface area contributed by atoms with Crippen molar-refractivity contribution in [2.45, 2.75) is 51.4 Å². The molecule has 694 valence electrons. The molecule has 4 aliphatic rings. The SMILES string of the molecule is O=C(Nc1ccc(Cl)c(-c2ccc3cnccc3n2)c1)c1ccc(N2CCCCS2(=O)=O)cc1.O=C(Nc1ccc(Cl)c(-c2ccc3ncccc3n2)c1)c1ccc(N2CCCCS2(=O)=O)cc1.O=C(Nc1ccc(Cl)c(-c2ncc3ccccc3n2)c1)c1ccc(N2CCCCS2(=O)=O)cc1.O=C(Nc1ccc(Cl)c(-c2nccc3ccccc23)c1)c1ccc(N2CCCCS2(=O)=O)cc1F. The molecule has 4 aliphatic heterocycles. The number of rotatable bonds is 16. The number of carbonyl (C=O) groups excluding carboxylic acids is 4. The molecule has 20 rings (SSSR count). The quantitative estimate of drug-likeness (QED) is 0.0698. The van der Waals surface area contributed by atoms with Gasteiger partial charge in [-0.25, -0.2) is 58.0 Å². The molecule has 137 heavy (non-hydrogen) atoms. The number of hydrogen-bond donors (Lipinski definition) is 4. The number of pyridine rings is 5. The number of anilines is 8. The molecule has 4 fully saturated rings. The smallest absolute Gasteiger partial charge is 0.258 e. The van der Waals surface area contributed by atoms with Crippen molar-refractivity contribution in [2.75, 3.05) is 87.7 Å². The molecular weight excluding hydrogens is 1900 g/mol. The maximum Gasteiger partial charge on any atom is 0.258 e. The summed E-state index contributed by atoms with van der Waals surface area (Å²) in [6.07, 6.45) is 14.3. The summed E-state index contributed by atoms with van der Waals surface area (Å²) in [5, 5.41) is 17.1. The number of benzene rings is 10. The molecule has 0 bridgehead atoms. The Morgan fingerprint density at radius 3 is 1.23 bits per heavy atom. The summed E-state index contributed by atoms with van der Waals surface area (Å²) >= 11 is 25.7. The van der Waals surface area contributed by atoms with Gasteiger partial charge in [0.2, 0.25) is 40.1 Å². The molecule has 0 aliphatic carbocycles. The van der Waals surface area contributed by atoms with Gasteiger partial charge >= 0.3 is 0 Å². The van der Waals surface area contributed by atoms with Crippen molar-refractivity contribution in [1.82, 2.24) is 34.9 Å². The van der Waals surface area contributed by atoms with Crippen LogP contribution >= 0.6 is 46.4 Å². The monoisotopic (exact) mass is 1990 g/mol. The Balaban J connectivity index is 0.000000127. The minimum absolute atomic E-state index is 0.0291. The van der Waals surface area contributed by atoms with Crippen LogP contribution in [0.25, 0.3) is 88.8 Å². The van der Waals surface area contributed by atoms with E-state index < -0.39 is 51.8 Å². The molecule has 27 nitrogen and oxygen atoms in total. The third kappa shape index (κ3) is 22.1. The predicted octanol–water partition coefficient (Wildman–Crippen LogP) is 21.3. The Morgan fingerprint density at radius 1 is 0.314 bits per heavy atom. The summed E-state index contributed by atoms with van der Waals surface area (Å²) in [5.41, 5.74) is 12.9. The Kier molecular flexibility index (Phi) is 28.6. The van der Waals surface area contributed by atoms with Crippen LogP contribution in [0.2, 0.25) is 20.1 Å². The highest BCUT2D eigenvalue weighted by molar-refractivity contribution is 7.93. The molecule has 0 spiro atoms. The van der Waals surface area contributed by atoms with Crippen molar-refractivity contribution in [3.8, 4) is 45.2 Å². The van der Waals surface area contributed by atoms with E-state index >= 15 is 0 Å². The molecule has 0 saturated carbocycles. The van der Waals surface area contributed by atoms with Gasteiger partial charge in [0.05, 0.1) is 111 Å². The highest BCUT2D eigenvalue weighted by atomic mass is 35.5. The van der Waals surface area contributed by atoms with Gasteiger partial charge in [-0.15, -0.1) is 0 Å². The van der Waals surface area contributed by atoms with Gasteiger partial charge in [-0.3, -0.25) is 51.4 Å². The first-order chi connectivity index (χ1) is 66.0. The lowest BCUT2D eigenvalue weighted by atomic mass is 10.0. The number of carbonyl (C=O) groups is 4. The third-order valence-corrected chi connectivity index (χ3v) is 32.0. The fourth-order valence-electron chi connectivity index (χ4n) is 16.1. The van der Waals surface area contributed by atoms with Crippen molar-refractivity contribution in [3.05, 3.63) is 340 Å². The van der Waals surface area contributed by atoms with Gasteiger partial charge in [0.1, 0.15) is 5.82 Å². The lowest BCUT2D eigenvalue weighted by Gasteiger charge is -2.28. The molecule has 0 unspecified atom stereocenters. The van der Waals surface area contributed by atoms with Gasteiger partial charge in [0, 0.05) is 135 Å². The number of nitrogens with one attached hydrogen (secondary N) is 4. The standard InChI is InChI=1S/C26H21ClFN3O3S.3C25H21ClN4O3S/c27-23-10-7-18(15-22(23)25-20-6-2-1-5-17(20)11-12-29-25)30-26(32)21-9-8-19(16-24(21)28)31-13-3-4-14-35(31,33)34;26-22-9-6-19(15-21(22)24-10-5-18-16-27-12-11-23(18)29-24)28-25(31)17-3-7-20(8-4-17)30-13-1-2-14-34(30,32)33;26-21-10-7-18(16-20(21)22-11-12-23-24(29-22)4-3-13-27-23)28-25(31)17-5-8-19(9-6-17)30-14-1-2-15-34(30,32)33;26-22-12-9-19(15-21(22)24-27-16-18-5-1-2-6-23(18)29-24)28-25(31)17-7-10-20(11-8-17)30-13-3-4-14-34(30,32)33/h1-2,5-12,15-16H,3-4,13-14H2,(H,30,32);3-12,15-16H,1-2,13-14H2,(H,28,31);3-13,16H,1-2,14-15H2,(H,28,31);1-2,5-12,15-16H,3-4,13-14H2,(H,28,31). The first-order valence-corrected chi connectivity index (χ1v) is 51.5. The molecule has 4 saturated heterocycles. The molecule has 4 N–H and O–H groups in total. The number of fused-ring (bicyclic) bond motifs is 4. The van der Waals surface area contributed by atoms with E-state index in [9.17, 15) is 57.2 Å². The summed E-state index contributed by atoms with van der Waals surface area (Å²) in [6, 6.07) is 74.5.